The molecular weight excluding hydrogens is 423 g/mol. The first-order chi connectivity index (χ1) is 15.8. The molecule has 3 amide bonds. The average molecular weight is 446 g/mol. The van der Waals surface area contributed by atoms with Crippen molar-refractivity contribution in [1.29, 1.82) is 0 Å². The van der Waals surface area contributed by atoms with Crippen LogP contribution in [0.15, 0.2) is 66.7 Å². The summed E-state index contributed by atoms with van der Waals surface area (Å²) in [6.45, 7) is 4.22. The lowest BCUT2D eigenvalue weighted by molar-refractivity contribution is 0.0742. The Balaban J connectivity index is 1.58. The molecular formula is C26H23FN2O4. The van der Waals surface area contributed by atoms with E-state index in [0.717, 1.165) is 10.5 Å². The molecule has 33 heavy (non-hydrogen) atoms. The topological polar surface area (TPSA) is 66.9 Å². The summed E-state index contributed by atoms with van der Waals surface area (Å²) >= 11 is 0. The Kier molecular flexibility index (Phi) is 5.96. The second-order valence-corrected chi connectivity index (χ2v) is 7.78. The number of amides is 3. The molecule has 0 saturated heterocycles. The maximum atomic E-state index is 13.2. The molecule has 3 aromatic rings. The van der Waals surface area contributed by atoms with Gasteiger partial charge in [-0.25, -0.2) is 9.29 Å². The molecule has 1 aliphatic rings. The molecule has 168 valence electrons. The third kappa shape index (κ3) is 4.09. The SMILES string of the molecule is CCOc1ccc(N2C(=O)c3ccc(C(=O)N(C)C(C)c4ccc(F)cc4)cc3C2=O)cc1. The van der Waals surface area contributed by atoms with Gasteiger partial charge < -0.3 is 9.64 Å². The predicted octanol–water partition coefficient (Wildman–Crippen LogP) is 4.86. The third-order valence-corrected chi connectivity index (χ3v) is 5.79. The zero-order chi connectivity index (χ0) is 23.7. The van der Waals surface area contributed by atoms with Crippen molar-refractivity contribution < 1.29 is 23.5 Å². The number of anilines is 1. The van der Waals surface area contributed by atoms with Gasteiger partial charge in [0.15, 0.2) is 0 Å². The fourth-order valence-electron chi connectivity index (χ4n) is 3.81. The zero-order valence-corrected chi connectivity index (χ0v) is 18.5. The molecule has 1 unspecified atom stereocenters. The van der Waals surface area contributed by atoms with Crippen molar-refractivity contribution in [2.45, 2.75) is 19.9 Å². The van der Waals surface area contributed by atoms with Gasteiger partial charge in [-0.05, 0) is 74.0 Å². The van der Waals surface area contributed by atoms with Crippen molar-refractivity contribution in [3.63, 3.8) is 0 Å². The maximum Gasteiger partial charge on any atom is 0.266 e. The minimum absolute atomic E-state index is 0.183. The predicted molar refractivity (Wildman–Crippen MR) is 122 cm³/mol. The van der Waals surface area contributed by atoms with Crippen LogP contribution in [0.1, 0.15) is 56.5 Å². The van der Waals surface area contributed by atoms with Crippen molar-refractivity contribution in [1.82, 2.24) is 4.90 Å². The Labute approximate surface area is 191 Å². The minimum Gasteiger partial charge on any atom is -0.494 e. The van der Waals surface area contributed by atoms with Crippen molar-refractivity contribution in [2.24, 2.45) is 0 Å². The number of hydrogen-bond donors (Lipinski definition) is 0. The first kappa shape index (κ1) is 22.2. The summed E-state index contributed by atoms with van der Waals surface area (Å²) in [4.78, 5) is 41.7. The number of carbonyl (C=O) groups is 3. The summed E-state index contributed by atoms with van der Waals surface area (Å²) in [6.07, 6.45) is 0. The zero-order valence-electron chi connectivity index (χ0n) is 18.5. The summed E-state index contributed by atoms with van der Waals surface area (Å²) in [6, 6.07) is 16.8. The molecule has 6 nitrogen and oxygen atoms in total. The number of rotatable bonds is 6. The van der Waals surface area contributed by atoms with E-state index in [4.69, 9.17) is 4.74 Å². The van der Waals surface area contributed by atoms with Crippen molar-refractivity contribution >= 4 is 23.4 Å². The molecule has 0 fully saturated rings. The standard InChI is InChI=1S/C26H23FN2O4/c1-4-33-21-12-10-20(11-13-21)29-25(31)22-14-7-18(15-23(22)26(29)32)24(30)28(3)16(2)17-5-8-19(27)9-6-17/h5-16H,4H2,1-3H3. The minimum atomic E-state index is -0.483. The lowest BCUT2D eigenvalue weighted by atomic mass is 10.0. The highest BCUT2D eigenvalue weighted by molar-refractivity contribution is 6.34. The van der Waals surface area contributed by atoms with Crippen molar-refractivity contribution in [3.8, 4) is 5.75 Å². The monoisotopic (exact) mass is 446 g/mol. The summed E-state index contributed by atoms with van der Waals surface area (Å²) in [5, 5.41) is 0. The number of benzene rings is 3. The Bertz CT molecular complexity index is 1220. The quantitative estimate of drug-likeness (QED) is 0.508. The van der Waals surface area contributed by atoms with E-state index in [1.54, 1.807) is 49.5 Å². The van der Waals surface area contributed by atoms with Gasteiger partial charge in [0.25, 0.3) is 17.7 Å². The van der Waals surface area contributed by atoms with Gasteiger partial charge in [0.05, 0.1) is 29.5 Å². The number of ether oxygens (including phenoxy) is 1. The van der Waals surface area contributed by atoms with Crippen LogP contribution in [0.3, 0.4) is 0 Å². The molecule has 3 aromatic carbocycles. The fraction of sp³-hybridized carbons (Fsp3) is 0.192. The van der Waals surface area contributed by atoms with Gasteiger partial charge in [-0.15, -0.1) is 0 Å². The lowest BCUT2D eigenvalue weighted by Crippen LogP contribution is -2.30. The van der Waals surface area contributed by atoms with Gasteiger partial charge >= 0.3 is 0 Å². The number of fused-ring (bicyclic) bond motifs is 1. The Hall–Kier alpha value is -4.00. The number of imide groups is 1. The molecule has 0 N–H and O–H groups in total. The molecule has 0 bridgehead atoms. The molecule has 1 heterocycles. The smallest absolute Gasteiger partial charge is 0.266 e. The van der Waals surface area contributed by atoms with E-state index < -0.39 is 11.8 Å². The molecule has 4 rings (SSSR count). The van der Waals surface area contributed by atoms with E-state index in [1.807, 2.05) is 13.8 Å². The highest BCUT2D eigenvalue weighted by Gasteiger charge is 2.37. The van der Waals surface area contributed by atoms with Gasteiger partial charge in [0.1, 0.15) is 11.6 Å². The van der Waals surface area contributed by atoms with E-state index in [0.29, 0.717) is 23.6 Å². The van der Waals surface area contributed by atoms with Gasteiger partial charge in [0.2, 0.25) is 0 Å². The van der Waals surface area contributed by atoms with Crippen LogP contribution in [-0.2, 0) is 0 Å². The molecule has 1 atom stereocenters. The molecule has 0 spiro atoms. The Morgan fingerprint density at radius 2 is 1.61 bits per heavy atom. The summed E-state index contributed by atoms with van der Waals surface area (Å²) in [5.41, 5.74) is 1.93. The number of nitrogens with zero attached hydrogens (tertiary/aromatic N) is 2. The van der Waals surface area contributed by atoms with Crippen molar-refractivity contribution in [2.75, 3.05) is 18.6 Å². The van der Waals surface area contributed by atoms with Gasteiger partial charge in [-0.2, -0.15) is 0 Å². The number of hydrogen-bond acceptors (Lipinski definition) is 4. The summed E-state index contributed by atoms with van der Waals surface area (Å²) in [5.74, 6) is -0.938. The van der Waals surface area contributed by atoms with Crippen LogP contribution in [0.25, 0.3) is 0 Å². The Morgan fingerprint density at radius 1 is 0.970 bits per heavy atom. The van der Waals surface area contributed by atoms with E-state index >= 15 is 0 Å². The van der Waals surface area contributed by atoms with Crippen LogP contribution in [0, 0.1) is 5.82 Å². The van der Waals surface area contributed by atoms with Crippen LogP contribution < -0.4 is 9.64 Å². The van der Waals surface area contributed by atoms with Crippen LogP contribution in [-0.4, -0.2) is 36.3 Å². The van der Waals surface area contributed by atoms with E-state index in [9.17, 15) is 18.8 Å². The molecule has 0 aromatic heterocycles. The first-order valence-electron chi connectivity index (χ1n) is 10.6. The molecule has 0 radical (unpaired) electrons. The fourth-order valence-corrected chi connectivity index (χ4v) is 3.81. The van der Waals surface area contributed by atoms with E-state index in [1.165, 1.54) is 29.2 Å². The highest BCUT2D eigenvalue weighted by Crippen LogP contribution is 2.31. The lowest BCUT2D eigenvalue weighted by Gasteiger charge is -2.25. The molecule has 7 heteroatoms. The third-order valence-electron chi connectivity index (χ3n) is 5.79. The van der Waals surface area contributed by atoms with Crippen LogP contribution in [0.2, 0.25) is 0 Å². The summed E-state index contributed by atoms with van der Waals surface area (Å²) in [7, 11) is 1.64. The van der Waals surface area contributed by atoms with E-state index in [2.05, 4.69) is 0 Å². The number of carbonyl (C=O) groups excluding carboxylic acids is 3. The first-order valence-corrected chi connectivity index (χ1v) is 10.6. The molecule has 0 aliphatic carbocycles. The highest BCUT2D eigenvalue weighted by atomic mass is 19.1. The molecule has 0 saturated carbocycles. The number of halogens is 1. The van der Waals surface area contributed by atoms with Gasteiger partial charge in [0, 0.05) is 12.6 Å². The second-order valence-electron chi connectivity index (χ2n) is 7.78. The summed E-state index contributed by atoms with van der Waals surface area (Å²) < 4.78 is 18.6. The molecule has 1 aliphatic heterocycles. The van der Waals surface area contributed by atoms with Crippen LogP contribution in [0.5, 0.6) is 5.75 Å². The van der Waals surface area contributed by atoms with Crippen LogP contribution >= 0.6 is 0 Å². The van der Waals surface area contributed by atoms with E-state index in [-0.39, 0.29) is 28.9 Å². The Morgan fingerprint density at radius 3 is 2.24 bits per heavy atom. The second kappa shape index (κ2) is 8.86. The maximum absolute atomic E-state index is 13.2. The van der Waals surface area contributed by atoms with Gasteiger partial charge in [-0.3, -0.25) is 14.4 Å². The van der Waals surface area contributed by atoms with Gasteiger partial charge in [-0.1, -0.05) is 12.1 Å². The largest absolute Gasteiger partial charge is 0.494 e. The normalized spacial score (nSPS) is 13.6. The van der Waals surface area contributed by atoms with Crippen molar-refractivity contribution in [3.05, 3.63) is 94.8 Å². The average Bonchev–Trinajstić information content (AvgIpc) is 3.08. The van der Waals surface area contributed by atoms with Crippen LogP contribution in [0.4, 0.5) is 10.1 Å².